The van der Waals surface area contributed by atoms with Crippen LogP contribution < -0.4 is 15.2 Å². The number of halogens is 3. The molecule has 5 rings (SSSR count). The van der Waals surface area contributed by atoms with Crippen molar-refractivity contribution < 1.29 is 30.5 Å². The molecule has 11 nitrogen and oxygen atoms in total. The molecular formula is C33H38F3N7O4S2. The fourth-order valence-electron chi connectivity index (χ4n) is 5.44. The van der Waals surface area contributed by atoms with E-state index in [-0.39, 0.29) is 30.2 Å². The van der Waals surface area contributed by atoms with Crippen LogP contribution in [0.3, 0.4) is 0 Å². The van der Waals surface area contributed by atoms with Gasteiger partial charge >= 0.3 is 5.76 Å². The van der Waals surface area contributed by atoms with Gasteiger partial charge in [-0.2, -0.15) is 27.4 Å². The molecule has 0 bridgehead atoms. The Morgan fingerprint density at radius 2 is 1.76 bits per heavy atom. The minimum atomic E-state index is -3.40. The number of fused-ring (bicyclic) bond motifs is 1. The number of unbranched alkanes of at least 4 members (excludes halogenated alkanes) is 4. The fourth-order valence-corrected chi connectivity index (χ4v) is 6.25. The maximum absolute atomic E-state index is 13.5. The monoisotopic (exact) mass is 717 g/mol. The van der Waals surface area contributed by atoms with Crippen LogP contribution in [0.4, 0.5) is 24.7 Å². The van der Waals surface area contributed by atoms with Gasteiger partial charge < -0.3 is 15.2 Å². The van der Waals surface area contributed by atoms with Crippen LogP contribution in [0.5, 0.6) is 5.75 Å². The SMILES string of the molecule is C[C@H](Oc1cc(-c2nn(C)c3c(-c4cnn(CCCCCCCOS(C)(=O)=O)c4)cnc(N)c23)ccc1NSC(F)F)c1ccc(F)cc1. The number of alkyl halides is 2. The molecule has 0 saturated carbocycles. The summed E-state index contributed by atoms with van der Waals surface area (Å²) < 4.78 is 79.1. The van der Waals surface area contributed by atoms with E-state index < -0.39 is 22.0 Å². The van der Waals surface area contributed by atoms with Crippen LogP contribution in [0.2, 0.25) is 0 Å². The first-order valence-electron chi connectivity index (χ1n) is 15.6. The molecule has 2 aromatic carbocycles. The molecule has 0 saturated heterocycles. The van der Waals surface area contributed by atoms with Crippen LogP contribution in [0.25, 0.3) is 33.3 Å². The lowest BCUT2D eigenvalue weighted by Gasteiger charge is -2.19. The maximum atomic E-state index is 13.5. The summed E-state index contributed by atoms with van der Waals surface area (Å²) in [5.41, 5.74) is 11.0. The van der Waals surface area contributed by atoms with Gasteiger partial charge in [0.1, 0.15) is 29.2 Å². The van der Waals surface area contributed by atoms with Crippen LogP contribution in [-0.2, 0) is 27.9 Å². The zero-order chi connectivity index (χ0) is 35.1. The second-order valence-corrected chi connectivity index (χ2v) is 14.0. The van der Waals surface area contributed by atoms with Gasteiger partial charge in [0.15, 0.2) is 0 Å². The smallest absolute Gasteiger partial charge is 0.302 e. The second-order valence-electron chi connectivity index (χ2n) is 11.5. The second kappa shape index (κ2) is 16.0. The van der Waals surface area contributed by atoms with Crippen molar-refractivity contribution in [1.82, 2.24) is 24.5 Å². The summed E-state index contributed by atoms with van der Waals surface area (Å²) in [7, 11) is -1.59. The van der Waals surface area contributed by atoms with Crippen LogP contribution >= 0.6 is 11.9 Å². The van der Waals surface area contributed by atoms with Gasteiger partial charge in [-0.15, -0.1) is 0 Å². The number of nitrogens with zero attached hydrogens (tertiary/aromatic N) is 5. The van der Waals surface area contributed by atoms with Crippen molar-refractivity contribution in [3.05, 3.63) is 72.4 Å². The number of nitrogens with one attached hydrogen (secondary N) is 1. The van der Waals surface area contributed by atoms with E-state index in [2.05, 4.69) is 14.8 Å². The lowest BCUT2D eigenvalue weighted by molar-refractivity contribution is 0.228. The largest absolute Gasteiger partial charge is 0.484 e. The molecule has 49 heavy (non-hydrogen) atoms. The Morgan fingerprint density at radius 1 is 1.02 bits per heavy atom. The molecule has 0 spiro atoms. The quantitative estimate of drug-likeness (QED) is 0.0563. The van der Waals surface area contributed by atoms with E-state index in [9.17, 15) is 21.6 Å². The van der Waals surface area contributed by atoms with Gasteiger partial charge in [-0.05, 0) is 49.6 Å². The number of nitrogen functional groups attached to an aromatic ring is 1. The Balaban J connectivity index is 1.36. The third-order valence-corrected chi connectivity index (χ3v) is 8.93. The third-order valence-electron chi connectivity index (χ3n) is 7.82. The molecule has 5 aromatic rings. The van der Waals surface area contributed by atoms with Gasteiger partial charge in [0.2, 0.25) is 0 Å². The van der Waals surface area contributed by atoms with E-state index in [1.165, 1.54) is 12.1 Å². The highest BCUT2D eigenvalue weighted by Gasteiger charge is 2.22. The van der Waals surface area contributed by atoms with Crippen molar-refractivity contribution in [3.8, 4) is 28.1 Å². The maximum Gasteiger partial charge on any atom is 0.302 e. The predicted molar refractivity (Wildman–Crippen MR) is 186 cm³/mol. The number of aromatic nitrogens is 5. The van der Waals surface area contributed by atoms with E-state index in [0.29, 0.717) is 46.6 Å². The number of ether oxygens (including phenoxy) is 1. The standard InChI is InChI=1S/C33H38F3N7O4S2/c1-21(22-9-12-25(34)13-10-22)47-28-17-23(11-14-27(28)41-48-33(35)36)30-29-31(42(2)40-30)26(19-38-32(29)37)24-18-39-43(20-24)15-7-5-4-6-8-16-46-49(3,44)45/h9-14,17-21,33,41H,4-8,15-16H2,1-3H3,(H2,37,38)/t21-/m0/s1. The molecule has 0 unspecified atom stereocenters. The minimum Gasteiger partial charge on any atom is -0.484 e. The number of rotatable bonds is 17. The highest BCUT2D eigenvalue weighted by Crippen LogP contribution is 2.40. The van der Waals surface area contributed by atoms with Crippen molar-refractivity contribution in [2.45, 2.75) is 57.4 Å². The Labute approximate surface area is 287 Å². The highest BCUT2D eigenvalue weighted by atomic mass is 32.2. The lowest BCUT2D eigenvalue weighted by Crippen LogP contribution is -2.05. The van der Waals surface area contributed by atoms with Crippen molar-refractivity contribution in [2.24, 2.45) is 7.05 Å². The van der Waals surface area contributed by atoms with Gasteiger partial charge in [-0.1, -0.05) is 37.5 Å². The van der Waals surface area contributed by atoms with E-state index in [1.54, 1.807) is 54.3 Å². The predicted octanol–water partition coefficient (Wildman–Crippen LogP) is 7.57. The molecule has 16 heteroatoms. The Bertz CT molecular complexity index is 1990. The average Bonchev–Trinajstić information content (AvgIpc) is 3.67. The van der Waals surface area contributed by atoms with Gasteiger partial charge in [-0.3, -0.25) is 13.5 Å². The molecule has 0 fully saturated rings. The molecule has 0 aliphatic carbocycles. The number of aryl methyl sites for hydroxylation is 2. The lowest BCUT2D eigenvalue weighted by atomic mass is 10.0. The Kier molecular flexibility index (Phi) is 11.7. The molecular weight excluding hydrogens is 680 g/mol. The molecule has 262 valence electrons. The van der Waals surface area contributed by atoms with Crippen LogP contribution in [0.15, 0.2) is 61.1 Å². The van der Waals surface area contributed by atoms with Crippen molar-refractivity contribution in [2.75, 3.05) is 23.3 Å². The van der Waals surface area contributed by atoms with Crippen molar-refractivity contribution >= 4 is 44.5 Å². The summed E-state index contributed by atoms with van der Waals surface area (Å²) in [6, 6.07) is 11.0. The Morgan fingerprint density at radius 3 is 2.49 bits per heavy atom. The zero-order valence-electron chi connectivity index (χ0n) is 27.3. The first-order chi connectivity index (χ1) is 23.4. The molecule has 3 heterocycles. The summed E-state index contributed by atoms with van der Waals surface area (Å²) in [5, 5.41) is 9.95. The minimum absolute atomic E-state index is 0.204. The van der Waals surface area contributed by atoms with Crippen LogP contribution in [0.1, 0.15) is 50.7 Å². The van der Waals surface area contributed by atoms with Crippen LogP contribution in [-0.4, -0.2) is 51.6 Å². The summed E-state index contributed by atoms with van der Waals surface area (Å²) >= 11 is 0.253. The van der Waals surface area contributed by atoms with Crippen molar-refractivity contribution in [1.29, 1.82) is 0 Å². The molecule has 0 aliphatic rings. The van der Waals surface area contributed by atoms with E-state index in [1.807, 2.05) is 17.9 Å². The molecule has 0 amide bonds. The summed E-state index contributed by atoms with van der Waals surface area (Å²) in [4.78, 5) is 4.48. The van der Waals surface area contributed by atoms with Gasteiger partial charge in [0, 0.05) is 54.6 Å². The number of hydrogen-bond acceptors (Lipinski definition) is 10. The topological polar surface area (TPSA) is 139 Å². The molecule has 0 radical (unpaired) electrons. The normalized spacial score (nSPS) is 12.6. The molecule has 3 N–H and O–H groups in total. The Hall–Kier alpha value is -4.28. The zero-order valence-corrected chi connectivity index (χ0v) is 28.9. The molecule has 0 aliphatic heterocycles. The number of anilines is 2. The fraction of sp³-hybridized carbons (Fsp3) is 0.364. The molecule has 3 aromatic heterocycles. The highest BCUT2D eigenvalue weighted by molar-refractivity contribution is 8.00. The van der Waals surface area contributed by atoms with E-state index in [4.69, 9.17) is 19.8 Å². The first kappa shape index (κ1) is 36.0. The van der Waals surface area contributed by atoms with Gasteiger partial charge in [0.05, 0.1) is 35.6 Å². The van der Waals surface area contributed by atoms with E-state index in [0.717, 1.165) is 48.6 Å². The van der Waals surface area contributed by atoms with E-state index >= 15 is 0 Å². The first-order valence-corrected chi connectivity index (χ1v) is 18.3. The van der Waals surface area contributed by atoms with Crippen LogP contribution in [0, 0.1) is 5.82 Å². The number of nitrogens with two attached hydrogens (primary N) is 1. The number of hydrogen-bond donors (Lipinski definition) is 2. The van der Waals surface area contributed by atoms with Gasteiger partial charge in [-0.25, -0.2) is 9.37 Å². The average molecular weight is 718 g/mol. The molecule has 1 atom stereocenters. The summed E-state index contributed by atoms with van der Waals surface area (Å²) in [6.07, 6.45) is 10.3. The third kappa shape index (κ3) is 9.45. The van der Waals surface area contributed by atoms with Gasteiger partial charge in [0.25, 0.3) is 10.1 Å². The summed E-state index contributed by atoms with van der Waals surface area (Å²) in [5.74, 6) is -2.46. The number of pyridine rings is 1. The van der Waals surface area contributed by atoms with Crippen molar-refractivity contribution in [3.63, 3.8) is 0 Å². The summed E-state index contributed by atoms with van der Waals surface area (Å²) in [6.45, 7) is 2.70. The number of benzene rings is 2.